The van der Waals surface area contributed by atoms with Crippen molar-refractivity contribution in [1.82, 2.24) is 20.2 Å². The Morgan fingerprint density at radius 1 is 1.20 bits per heavy atom. The van der Waals surface area contributed by atoms with Gasteiger partial charge in [0.05, 0.1) is 6.61 Å². The molecule has 0 aliphatic heterocycles. The maximum Gasteiger partial charge on any atom is 0.145 e. The summed E-state index contributed by atoms with van der Waals surface area (Å²) in [6, 6.07) is 6.07. The Kier molecular flexibility index (Phi) is 4.34. The van der Waals surface area contributed by atoms with Crippen molar-refractivity contribution in [3.8, 4) is 11.4 Å². The molecule has 20 heavy (non-hydrogen) atoms. The summed E-state index contributed by atoms with van der Waals surface area (Å²) < 4.78 is 12.3. The topological polar surface area (TPSA) is 62.1 Å². The van der Waals surface area contributed by atoms with Gasteiger partial charge in [-0.2, -0.15) is 4.68 Å². The number of methoxy groups -OCH3 is 1. The first-order valence-electron chi connectivity index (χ1n) is 6.52. The summed E-state index contributed by atoms with van der Waals surface area (Å²) in [6.07, 6.45) is 1.56. The number of tetrazole rings is 1. The van der Waals surface area contributed by atoms with Crippen LogP contribution in [0.5, 0.6) is 5.75 Å². The molecule has 0 saturated heterocycles. The fourth-order valence-electron chi connectivity index (χ4n) is 1.79. The highest BCUT2D eigenvalue weighted by Gasteiger charge is 2.17. The van der Waals surface area contributed by atoms with Crippen molar-refractivity contribution < 1.29 is 9.47 Å². The third-order valence-corrected chi connectivity index (χ3v) is 2.97. The minimum atomic E-state index is 0.0494. The third-order valence-electron chi connectivity index (χ3n) is 2.97. The molecule has 6 heteroatoms. The quantitative estimate of drug-likeness (QED) is 0.781. The Morgan fingerprint density at radius 3 is 2.60 bits per heavy atom. The summed E-state index contributed by atoms with van der Waals surface area (Å²) in [6.45, 7) is 7.52. The second-order valence-corrected chi connectivity index (χ2v) is 5.53. The SMILES string of the molecule is COCCOc1ccc(C(C)(C)C)cc1-n1cnnn1. The predicted octanol–water partition coefficient (Wildman–Crippen LogP) is 1.99. The first-order valence-corrected chi connectivity index (χ1v) is 6.52. The third kappa shape index (κ3) is 3.33. The van der Waals surface area contributed by atoms with Crippen LogP contribution in [0.15, 0.2) is 24.5 Å². The number of rotatable bonds is 5. The van der Waals surface area contributed by atoms with Gasteiger partial charge in [0, 0.05) is 7.11 Å². The van der Waals surface area contributed by atoms with Gasteiger partial charge in [-0.25, -0.2) is 0 Å². The highest BCUT2D eigenvalue weighted by Crippen LogP contribution is 2.29. The van der Waals surface area contributed by atoms with Gasteiger partial charge in [0.25, 0.3) is 0 Å². The second kappa shape index (κ2) is 6.00. The molecule has 2 aromatic rings. The van der Waals surface area contributed by atoms with Gasteiger partial charge >= 0.3 is 0 Å². The van der Waals surface area contributed by atoms with E-state index in [-0.39, 0.29) is 5.41 Å². The maximum absolute atomic E-state index is 5.73. The maximum atomic E-state index is 5.73. The molecule has 108 valence electrons. The lowest BCUT2D eigenvalue weighted by molar-refractivity contribution is 0.146. The van der Waals surface area contributed by atoms with Crippen LogP contribution in [-0.4, -0.2) is 40.5 Å². The number of aromatic nitrogens is 4. The minimum Gasteiger partial charge on any atom is -0.489 e. The zero-order valence-electron chi connectivity index (χ0n) is 12.3. The molecule has 0 saturated carbocycles. The van der Waals surface area contributed by atoms with Crippen molar-refractivity contribution >= 4 is 0 Å². The molecule has 1 aromatic carbocycles. The first kappa shape index (κ1) is 14.5. The number of ether oxygens (including phenoxy) is 2. The predicted molar refractivity (Wildman–Crippen MR) is 75.2 cm³/mol. The smallest absolute Gasteiger partial charge is 0.145 e. The van der Waals surface area contributed by atoms with E-state index in [0.717, 1.165) is 11.4 Å². The number of benzene rings is 1. The molecule has 0 spiro atoms. The van der Waals surface area contributed by atoms with Crippen molar-refractivity contribution in [3.05, 3.63) is 30.1 Å². The Bertz CT molecular complexity index is 547. The summed E-state index contributed by atoms with van der Waals surface area (Å²) in [5.74, 6) is 0.738. The zero-order chi connectivity index (χ0) is 14.6. The number of nitrogens with zero attached hydrogens (tertiary/aromatic N) is 4. The van der Waals surface area contributed by atoms with Gasteiger partial charge < -0.3 is 9.47 Å². The van der Waals surface area contributed by atoms with Gasteiger partial charge in [-0.3, -0.25) is 0 Å². The number of hydrogen-bond donors (Lipinski definition) is 0. The van der Waals surface area contributed by atoms with Crippen molar-refractivity contribution in [1.29, 1.82) is 0 Å². The highest BCUT2D eigenvalue weighted by atomic mass is 16.5. The van der Waals surface area contributed by atoms with E-state index in [1.165, 1.54) is 5.56 Å². The van der Waals surface area contributed by atoms with Crippen LogP contribution in [0.2, 0.25) is 0 Å². The van der Waals surface area contributed by atoms with Crippen molar-refractivity contribution in [2.24, 2.45) is 0 Å². The van der Waals surface area contributed by atoms with E-state index < -0.39 is 0 Å². The molecule has 0 fully saturated rings. The molecule has 1 heterocycles. The molecule has 0 bridgehead atoms. The standard InChI is InChI=1S/C14H20N4O2/c1-14(2,3)11-5-6-13(20-8-7-19-4)12(9-11)18-10-15-16-17-18/h5-6,9-10H,7-8H2,1-4H3. The highest BCUT2D eigenvalue weighted by molar-refractivity contribution is 5.49. The lowest BCUT2D eigenvalue weighted by atomic mass is 9.87. The molecule has 0 unspecified atom stereocenters. The van der Waals surface area contributed by atoms with E-state index in [1.54, 1.807) is 18.1 Å². The zero-order valence-corrected chi connectivity index (χ0v) is 12.3. The lowest BCUT2D eigenvalue weighted by Crippen LogP contribution is -2.13. The van der Waals surface area contributed by atoms with Crippen LogP contribution in [0, 0.1) is 0 Å². The first-order chi connectivity index (χ1) is 9.52. The van der Waals surface area contributed by atoms with E-state index in [2.05, 4.69) is 48.4 Å². The molecular weight excluding hydrogens is 256 g/mol. The van der Waals surface area contributed by atoms with Crippen molar-refractivity contribution in [2.45, 2.75) is 26.2 Å². The summed E-state index contributed by atoms with van der Waals surface area (Å²) >= 11 is 0. The Hall–Kier alpha value is -1.95. The minimum absolute atomic E-state index is 0.0494. The van der Waals surface area contributed by atoms with Crippen molar-refractivity contribution in [3.63, 3.8) is 0 Å². The normalized spacial score (nSPS) is 11.6. The van der Waals surface area contributed by atoms with Gasteiger partial charge in [0.1, 0.15) is 24.4 Å². The molecule has 6 nitrogen and oxygen atoms in total. The van der Waals surface area contributed by atoms with Gasteiger partial charge in [-0.15, -0.1) is 5.10 Å². The van der Waals surface area contributed by atoms with Gasteiger partial charge in [-0.05, 0) is 33.5 Å². The molecule has 2 rings (SSSR count). The molecule has 0 N–H and O–H groups in total. The molecular formula is C14H20N4O2. The van der Waals surface area contributed by atoms with Gasteiger partial charge in [0.2, 0.25) is 0 Å². The van der Waals surface area contributed by atoms with Crippen LogP contribution >= 0.6 is 0 Å². The molecule has 0 aliphatic carbocycles. The lowest BCUT2D eigenvalue weighted by Gasteiger charge is -2.21. The van der Waals surface area contributed by atoms with Crippen LogP contribution in [0.25, 0.3) is 5.69 Å². The van der Waals surface area contributed by atoms with Crippen LogP contribution < -0.4 is 4.74 Å². The fraction of sp³-hybridized carbons (Fsp3) is 0.500. The summed E-state index contributed by atoms with van der Waals surface area (Å²) in [4.78, 5) is 0. The van der Waals surface area contributed by atoms with Crippen LogP contribution in [0.1, 0.15) is 26.3 Å². The van der Waals surface area contributed by atoms with Gasteiger partial charge in [0.15, 0.2) is 0 Å². The fourth-order valence-corrected chi connectivity index (χ4v) is 1.79. The molecule has 0 radical (unpaired) electrons. The van der Waals surface area contributed by atoms with Gasteiger partial charge in [-0.1, -0.05) is 26.8 Å². The second-order valence-electron chi connectivity index (χ2n) is 5.53. The summed E-state index contributed by atoms with van der Waals surface area (Å²) in [5.41, 5.74) is 2.08. The number of hydrogen-bond acceptors (Lipinski definition) is 5. The van der Waals surface area contributed by atoms with Crippen LogP contribution in [0.3, 0.4) is 0 Å². The molecule has 0 aliphatic rings. The molecule has 1 aromatic heterocycles. The van der Waals surface area contributed by atoms with E-state index in [4.69, 9.17) is 9.47 Å². The van der Waals surface area contributed by atoms with Crippen LogP contribution in [0.4, 0.5) is 0 Å². The Labute approximate surface area is 118 Å². The van der Waals surface area contributed by atoms with E-state index in [9.17, 15) is 0 Å². The molecule has 0 atom stereocenters. The largest absolute Gasteiger partial charge is 0.489 e. The van der Waals surface area contributed by atoms with E-state index >= 15 is 0 Å². The van der Waals surface area contributed by atoms with E-state index in [0.29, 0.717) is 13.2 Å². The average molecular weight is 276 g/mol. The average Bonchev–Trinajstić information content (AvgIpc) is 2.92. The van der Waals surface area contributed by atoms with Crippen molar-refractivity contribution in [2.75, 3.05) is 20.3 Å². The summed E-state index contributed by atoms with van der Waals surface area (Å²) in [7, 11) is 1.65. The Morgan fingerprint density at radius 2 is 2.00 bits per heavy atom. The van der Waals surface area contributed by atoms with Crippen LogP contribution in [-0.2, 0) is 10.2 Å². The monoisotopic (exact) mass is 276 g/mol. The Balaban J connectivity index is 2.36. The molecule has 0 amide bonds. The van der Waals surface area contributed by atoms with E-state index in [1.807, 2.05) is 6.07 Å². The summed E-state index contributed by atoms with van der Waals surface area (Å²) in [5, 5.41) is 11.3.